The Morgan fingerprint density at radius 2 is 1.70 bits per heavy atom. The second kappa shape index (κ2) is 4.71. The predicted octanol–water partition coefficient (Wildman–Crippen LogP) is 3.33. The molecule has 0 aliphatic heterocycles. The minimum absolute atomic E-state index is 0.00144. The summed E-state index contributed by atoms with van der Waals surface area (Å²) >= 11 is 0. The van der Waals surface area contributed by atoms with Crippen LogP contribution < -0.4 is 5.73 Å². The van der Waals surface area contributed by atoms with Crippen molar-refractivity contribution in [3.8, 4) is 0 Å². The molecule has 0 bridgehead atoms. The number of rotatable bonds is 0. The van der Waals surface area contributed by atoms with Crippen molar-refractivity contribution in [3.05, 3.63) is 0 Å². The summed E-state index contributed by atoms with van der Waals surface area (Å²) in [6.07, 6.45) is 11.7. The Labute approximate surface area is 123 Å². The zero-order chi connectivity index (χ0) is 13.9. The summed E-state index contributed by atoms with van der Waals surface area (Å²) < 4.78 is 0. The van der Waals surface area contributed by atoms with Gasteiger partial charge in [0.1, 0.15) is 0 Å². The second-order valence-electron chi connectivity index (χ2n) is 8.63. The fraction of sp³-hybridized carbons (Fsp3) is 1.00. The maximum Gasteiger partial charge on any atom is 0.0543 e. The zero-order valence-corrected chi connectivity index (χ0v) is 12.9. The van der Waals surface area contributed by atoms with Crippen LogP contribution in [0.4, 0.5) is 0 Å². The van der Waals surface area contributed by atoms with Gasteiger partial charge in [-0.3, -0.25) is 0 Å². The van der Waals surface area contributed by atoms with E-state index >= 15 is 0 Å². The number of nitrogens with two attached hydrogens (primary N) is 1. The summed E-state index contributed by atoms with van der Waals surface area (Å²) in [5.74, 6) is 4.59. The van der Waals surface area contributed by atoms with Crippen LogP contribution in [0.3, 0.4) is 0 Å². The molecule has 4 rings (SSSR count). The predicted molar refractivity (Wildman–Crippen MR) is 81.1 cm³/mol. The number of hydrogen-bond donors (Lipinski definition) is 2. The minimum Gasteiger partial charge on any atom is -0.393 e. The van der Waals surface area contributed by atoms with Crippen LogP contribution in [0.15, 0.2) is 0 Å². The van der Waals surface area contributed by atoms with Gasteiger partial charge < -0.3 is 10.8 Å². The van der Waals surface area contributed by atoms with Crippen molar-refractivity contribution in [2.75, 3.05) is 0 Å². The Bertz CT molecular complexity index is 384. The molecule has 114 valence electrons. The quantitative estimate of drug-likeness (QED) is 0.713. The van der Waals surface area contributed by atoms with Crippen LogP contribution in [-0.2, 0) is 0 Å². The van der Waals surface area contributed by atoms with Crippen molar-refractivity contribution in [1.29, 1.82) is 0 Å². The van der Waals surface area contributed by atoms with Crippen LogP contribution in [0.1, 0.15) is 64.7 Å². The summed E-state index contributed by atoms with van der Waals surface area (Å²) in [6.45, 7) is 2.49. The molecule has 0 radical (unpaired) electrons. The van der Waals surface area contributed by atoms with Gasteiger partial charge in [0.05, 0.1) is 6.10 Å². The van der Waals surface area contributed by atoms with Crippen molar-refractivity contribution in [2.24, 2.45) is 40.7 Å². The van der Waals surface area contributed by atoms with Gasteiger partial charge in [0, 0.05) is 6.04 Å². The Balaban J connectivity index is 1.57. The maximum absolute atomic E-state index is 9.95. The van der Waals surface area contributed by atoms with Gasteiger partial charge in [-0.25, -0.2) is 0 Å². The lowest BCUT2D eigenvalue weighted by molar-refractivity contribution is -0.0703. The normalized spacial score (nSPS) is 58.6. The molecular formula is C18H31NO. The molecule has 4 aliphatic rings. The minimum atomic E-state index is 0.00144. The van der Waals surface area contributed by atoms with Gasteiger partial charge in [0.15, 0.2) is 0 Å². The maximum atomic E-state index is 9.95. The van der Waals surface area contributed by atoms with Gasteiger partial charge in [-0.1, -0.05) is 6.92 Å². The monoisotopic (exact) mass is 277 g/mol. The lowest BCUT2D eigenvalue weighted by Crippen LogP contribution is -2.51. The number of hydrogen-bond acceptors (Lipinski definition) is 2. The topological polar surface area (TPSA) is 46.2 Å². The molecule has 4 saturated carbocycles. The van der Waals surface area contributed by atoms with Crippen molar-refractivity contribution >= 4 is 0 Å². The summed E-state index contributed by atoms with van der Waals surface area (Å²) in [7, 11) is 0. The molecule has 0 unspecified atom stereocenters. The Kier molecular flexibility index (Phi) is 3.20. The summed E-state index contributed by atoms with van der Waals surface area (Å²) in [5, 5.41) is 9.95. The van der Waals surface area contributed by atoms with E-state index in [1.807, 2.05) is 0 Å². The van der Waals surface area contributed by atoms with Crippen molar-refractivity contribution < 1.29 is 5.11 Å². The van der Waals surface area contributed by atoms with E-state index in [2.05, 4.69) is 6.92 Å². The van der Waals surface area contributed by atoms with Gasteiger partial charge >= 0.3 is 0 Å². The van der Waals surface area contributed by atoms with Crippen LogP contribution in [-0.4, -0.2) is 17.3 Å². The fourth-order valence-electron chi connectivity index (χ4n) is 6.87. The first kappa shape index (κ1) is 13.6. The fourth-order valence-corrected chi connectivity index (χ4v) is 6.87. The van der Waals surface area contributed by atoms with Crippen LogP contribution in [0.25, 0.3) is 0 Å². The standard InChI is InChI=1S/C18H31NO/c1-18-9-8-14-13-5-3-12(20)10-11(13)2-4-15(14)16(18)6-7-17(18)19/h11-17,20H,2-10,19H2,1H3/t11-,12+,13+,14-,15-,16+,17+,18+/m1/s1. The molecular weight excluding hydrogens is 246 g/mol. The highest BCUT2D eigenvalue weighted by molar-refractivity contribution is 5.07. The van der Waals surface area contributed by atoms with E-state index in [9.17, 15) is 5.11 Å². The lowest BCUT2D eigenvalue weighted by Gasteiger charge is -2.55. The Hall–Kier alpha value is -0.0800. The average molecular weight is 277 g/mol. The Morgan fingerprint density at radius 3 is 2.55 bits per heavy atom. The zero-order valence-electron chi connectivity index (χ0n) is 12.9. The molecule has 3 N–H and O–H groups in total. The molecule has 2 heteroatoms. The highest BCUT2D eigenvalue weighted by Gasteiger charge is 2.56. The van der Waals surface area contributed by atoms with Crippen molar-refractivity contribution in [2.45, 2.75) is 76.9 Å². The van der Waals surface area contributed by atoms with Crippen LogP contribution in [0.2, 0.25) is 0 Å². The van der Waals surface area contributed by atoms with E-state index in [1.165, 1.54) is 44.9 Å². The van der Waals surface area contributed by atoms with Crippen LogP contribution >= 0.6 is 0 Å². The summed E-state index contributed by atoms with van der Waals surface area (Å²) in [5.41, 5.74) is 6.91. The third-order valence-corrected chi connectivity index (χ3v) is 8.00. The van der Waals surface area contributed by atoms with E-state index in [4.69, 9.17) is 5.73 Å². The van der Waals surface area contributed by atoms with Crippen molar-refractivity contribution in [3.63, 3.8) is 0 Å². The SMILES string of the molecule is C[C@]12CC[C@H]3[C@@H](CC[C@@H]4C[C@@H](O)CC[C@@H]43)[C@@H]1CC[C@@H]2N. The molecule has 0 aromatic heterocycles. The molecule has 0 spiro atoms. The molecule has 4 aliphatic carbocycles. The average Bonchev–Trinajstić information content (AvgIpc) is 2.74. The van der Waals surface area contributed by atoms with Gasteiger partial charge in [0.2, 0.25) is 0 Å². The van der Waals surface area contributed by atoms with Gasteiger partial charge in [0.25, 0.3) is 0 Å². The van der Waals surface area contributed by atoms with Gasteiger partial charge in [-0.05, 0) is 92.8 Å². The first-order valence-corrected chi connectivity index (χ1v) is 9.03. The van der Waals surface area contributed by atoms with E-state index < -0.39 is 0 Å². The van der Waals surface area contributed by atoms with Crippen LogP contribution in [0.5, 0.6) is 0 Å². The molecule has 0 aromatic carbocycles. The van der Waals surface area contributed by atoms with E-state index in [0.717, 1.165) is 42.4 Å². The number of aliphatic hydroxyl groups is 1. The molecule has 2 nitrogen and oxygen atoms in total. The third kappa shape index (κ3) is 1.83. The van der Waals surface area contributed by atoms with Crippen LogP contribution in [0, 0.1) is 35.0 Å². The second-order valence-corrected chi connectivity index (χ2v) is 8.63. The Morgan fingerprint density at radius 1 is 0.900 bits per heavy atom. The summed E-state index contributed by atoms with van der Waals surface area (Å²) in [4.78, 5) is 0. The highest BCUT2D eigenvalue weighted by atomic mass is 16.3. The molecule has 4 fully saturated rings. The lowest BCUT2D eigenvalue weighted by atomic mass is 9.50. The molecule has 8 atom stereocenters. The smallest absolute Gasteiger partial charge is 0.0543 e. The van der Waals surface area contributed by atoms with E-state index in [-0.39, 0.29) is 6.10 Å². The molecule has 0 aromatic rings. The van der Waals surface area contributed by atoms with Gasteiger partial charge in [-0.2, -0.15) is 0 Å². The first-order chi connectivity index (χ1) is 9.59. The first-order valence-electron chi connectivity index (χ1n) is 9.03. The third-order valence-electron chi connectivity index (χ3n) is 8.00. The van der Waals surface area contributed by atoms with Gasteiger partial charge in [-0.15, -0.1) is 0 Å². The van der Waals surface area contributed by atoms with E-state index in [1.54, 1.807) is 0 Å². The largest absolute Gasteiger partial charge is 0.393 e. The highest BCUT2D eigenvalue weighted by Crippen LogP contribution is 2.61. The van der Waals surface area contributed by atoms with Crippen molar-refractivity contribution in [1.82, 2.24) is 0 Å². The molecule has 0 saturated heterocycles. The number of fused-ring (bicyclic) bond motifs is 5. The van der Waals surface area contributed by atoms with E-state index in [0.29, 0.717) is 11.5 Å². The number of aliphatic hydroxyl groups excluding tert-OH is 1. The molecule has 0 heterocycles. The molecule has 0 amide bonds. The summed E-state index contributed by atoms with van der Waals surface area (Å²) in [6, 6.07) is 0.458. The molecule has 20 heavy (non-hydrogen) atoms.